The third-order valence-corrected chi connectivity index (χ3v) is 5.00. The summed E-state index contributed by atoms with van der Waals surface area (Å²) in [6.07, 6.45) is 7.59. The van der Waals surface area contributed by atoms with Gasteiger partial charge in [0.15, 0.2) is 5.82 Å². The molecule has 1 aliphatic heterocycles. The van der Waals surface area contributed by atoms with Gasteiger partial charge in [0.25, 0.3) is 0 Å². The van der Waals surface area contributed by atoms with Crippen molar-refractivity contribution < 1.29 is 9.32 Å². The minimum Gasteiger partial charge on any atom is -0.342 e. The first-order chi connectivity index (χ1) is 10.6. The van der Waals surface area contributed by atoms with Gasteiger partial charge in [0.1, 0.15) is 0 Å². The lowest BCUT2D eigenvalue weighted by Crippen LogP contribution is -2.43. The molecule has 3 rings (SSSR count). The molecule has 22 heavy (non-hydrogen) atoms. The molecule has 0 bridgehead atoms. The van der Waals surface area contributed by atoms with E-state index in [1.54, 1.807) is 0 Å². The molecule has 1 aliphatic carbocycles. The van der Waals surface area contributed by atoms with Gasteiger partial charge in [-0.25, -0.2) is 0 Å². The lowest BCUT2D eigenvalue weighted by atomic mass is 9.83. The number of rotatable bonds is 5. The summed E-state index contributed by atoms with van der Waals surface area (Å²) in [5.74, 6) is 2.20. The monoisotopic (exact) mass is 306 g/mol. The highest BCUT2D eigenvalue weighted by Crippen LogP contribution is 2.30. The minimum absolute atomic E-state index is 0.334. The van der Waals surface area contributed by atoms with Crippen LogP contribution in [0.5, 0.6) is 0 Å². The predicted molar refractivity (Wildman–Crippen MR) is 83.6 cm³/mol. The van der Waals surface area contributed by atoms with E-state index in [0.29, 0.717) is 23.8 Å². The van der Waals surface area contributed by atoms with Gasteiger partial charge in [-0.15, -0.1) is 0 Å². The Hall–Kier alpha value is -1.59. The Morgan fingerprint density at radius 3 is 2.55 bits per heavy atom. The van der Waals surface area contributed by atoms with Crippen molar-refractivity contribution >= 4 is 11.9 Å². The van der Waals surface area contributed by atoms with Crippen LogP contribution in [-0.2, 0) is 11.2 Å². The molecule has 1 saturated heterocycles. The maximum atomic E-state index is 12.2. The Labute approximate surface area is 131 Å². The molecule has 0 unspecified atom stereocenters. The molecule has 6 nitrogen and oxygen atoms in total. The summed E-state index contributed by atoms with van der Waals surface area (Å²) in [5.41, 5.74) is 0. The summed E-state index contributed by atoms with van der Waals surface area (Å²) >= 11 is 0. The van der Waals surface area contributed by atoms with Crippen molar-refractivity contribution in [1.29, 1.82) is 0 Å². The number of carbonyl (C=O) groups is 1. The first kappa shape index (κ1) is 15.3. The quantitative estimate of drug-likeness (QED) is 0.833. The van der Waals surface area contributed by atoms with Crippen molar-refractivity contribution in [3.8, 4) is 0 Å². The average Bonchev–Trinajstić information content (AvgIpc) is 2.93. The molecule has 2 fully saturated rings. The van der Waals surface area contributed by atoms with Gasteiger partial charge in [-0.05, 0) is 38.0 Å². The molecule has 0 spiro atoms. The van der Waals surface area contributed by atoms with Crippen molar-refractivity contribution in [2.45, 2.75) is 44.9 Å². The SMILES string of the molecule is CN(C)c1nc(CCC2CCN(C(=O)C3CCC3)CC2)no1. The molecule has 2 aliphatic rings. The third kappa shape index (κ3) is 3.42. The first-order valence-corrected chi connectivity index (χ1v) is 8.42. The highest BCUT2D eigenvalue weighted by Gasteiger charge is 2.31. The lowest BCUT2D eigenvalue weighted by Gasteiger charge is -2.36. The Balaban J connectivity index is 1.40. The second-order valence-corrected chi connectivity index (χ2v) is 6.82. The number of nitrogens with zero attached hydrogens (tertiary/aromatic N) is 4. The fraction of sp³-hybridized carbons (Fsp3) is 0.812. The predicted octanol–water partition coefficient (Wildman–Crippen LogP) is 2.11. The topological polar surface area (TPSA) is 62.5 Å². The summed E-state index contributed by atoms with van der Waals surface area (Å²) in [6, 6.07) is 0.566. The van der Waals surface area contributed by atoms with E-state index in [2.05, 4.69) is 15.0 Å². The van der Waals surface area contributed by atoms with E-state index in [1.807, 2.05) is 19.0 Å². The standard InChI is InChI=1S/C16H26N4O2/c1-19(2)16-17-14(18-22-16)7-6-12-8-10-20(11-9-12)15(21)13-4-3-5-13/h12-13H,3-11H2,1-2H3. The number of amides is 1. The molecule has 6 heteroatoms. The van der Waals surface area contributed by atoms with E-state index in [9.17, 15) is 4.79 Å². The van der Waals surface area contributed by atoms with Gasteiger partial charge < -0.3 is 14.3 Å². The van der Waals surface area contributed by atoms with Crippen molar-refractivity contribution in [3.05, 3.63) is 5.82 Å². The highest BCUT2D eigenvalue weighted by atomic mass is 16.5. The zero-order chi connectivity index (χ0) is 15.5. The van der Waals surface area contributed by atoms with E-state index in [-0.39, 0.29) is 0 Å². The van der Waals surface area contributed by atoms with Crippen LogP contribution in [0.25, 0.3) is 0 Å². The number of likely N-dealkylation sites (tertiary alicyclic amines) is 1. The average molecular weight is 306 g/mol. The Bertz CT molecular complexity index is 502. The van der Waals surface area contributed by atoms with Gasteiger partial charge in [-0.3, -0.25) is 4.79 Å². The van der Waals surface area contributed by atoms with Crippen LogP contribution in [0.1, 0.15) is 44.3 Å². The summed E-state index contributed by atoms with van der Waals surface area (Å²) in [7, 11) is 3.79. The van der Waals surface area contributed by atoms with Crippen LogP contribution in [0.4, 0.5) is 6.01 Å². The maximum absolute atomic E-state index is 12.2. The van der Waals surface area contributed by atoms with Gasteiger partial charge in [-0.1, -0.05) is 11.6 Å². The molecule has 0 N–H and O–H groups in total. The van der Waals surface area contributed by atoms with E-state index in [0.717, 1.165) is 57.4 Å². The zero-order valence-electron chi connectivity index (χ0n) is 13.6. The summed E-state index contributed by atoms with van der Waals surface area (Å²) in [6.45, 7) is 1.85. The highest BCUT2D eigenvalue weighted by molar-refractivity contribution is 5.79. The number of hydrogen-bond acceptors (Lipinski definition) is 5. The molecular weight excluding hydrogens is 280 g/mol. The largest absolute Gasteiger partial charge is 0.342 e. The number of piperidine rings is 1. The van der Waals surface area contributed by atoms with Crippen LogP contribution in [0.2, 0.25) is 0 Å². The van der Waals surface area contributed by atoms with Crippen molar-refractivity contribution in [2.24, 2.45) is 11.8 Å². The third-order valence-electron chi connectivity index (χ3n) is 5.00. The fourth-order valence-electron chi connectivity index (χ4n) is 3.22. The van der Waals surface area contributed by atoms with Crippen LogP contribution in [0.15, 0.2) is 4.52 Å². The Morgan fingerprint density at radius 1 is 1.27 bits per heavy atom. The summed E-state index contributed by atoms with van der Waals surface area (Å²) in [4.78, 5) is 20.5. The number of aromatic nitrogens is 2. The molecule has 0 radical (unpaired) electrons. The van der Waals surface area contributed by atoms with Crippen LogP contribution in [0, 0.1) is 11.8 Å². The van der Waals surface area contributed by atoms with Gasteiger partial charge >= 0.3 is 6.01 Å². The second-order valence-electron chi connectivity index (χ2n) is 6.82. The molecule has 1 saturated carbocycles. The molecule has 1 amide bonds. The normalized spacial score (nSPS) is 20.0. The van der Waals surface area contributed by atoms with E-state index >= 15 is 0 Å². The number of anilines is 1. The van der Waals surface area contributed by atoms with E-state index in [1.165, 1.54) is 6.42 Å². The molecule has 2 heterocycles. The first-order valence-electron chi connectivity index (χ1n) is 8.42. The van der Waals surface area contributed by atoms with E-state index < -0.39 is 0 Å². The number of carbonyl (C=O) groups excluding carboxylic acids is 1. The zero-order valence-corrected chi connectivity index (χ0v) is 13.6. The van der Waals surface area contributed by atoms with Crippen LogP contribution in [-0.4, -0.2) is 48.1 Å². The van der Waals surface area contributed by atoms with E-state index in [4.69, 9.17) is 4.52 Å². The molecule has 122 valence electrons. The van der Waals surface area contributed by atoms with Gasteiger partial charge in [-0.2, -0.15) is 4.98 Å². The Kier molecular flexibility index (Phi) is 4.64. The van der Waals surface area contributed by atoms with Gasteiger partial charge in [0.2, 0.25) is 5.91 Å². The van der Waals surface area contributed by atoms with Gasteiger partial charge in [0.05, 0.1) is 0 Å². The smallest absolute Gasteiger partial charge is 0.323 e. The van der Waals surface area contributed by atoms with Crippen molar-refractivity contribution in [2.75, 3.05) is 32.1 Å². The Morgan fingerprint density at radius 2 is 2.00 bits per heavy atom. The lowest BCUT2D eigenvalue weighted by molar-refractivity contribution is -0.139. The molecule has 0 atom stereocenters. The molecular formula is C16H26N4O2. The molecule has 1 aromatic rings. The van der Waals surface area contributed by atoms with Gasteiger partial charge in [0, 0.05) is 39.5 Å². The van der Waals surface area contributed by atoms with Crippen LogP contribution < -0.4 is 4.90 Å². The number of aryl methyl sites for hydroxylation is 1. The van der Waals surface area contributed by atoms with Crippen LogP contribution in [0.3, 0.4) is 0 Å². The summed E-state index contributed by atoms with van der Waals surface area (Å²) < 4.78 is 5.17. The summed E-state index contributed by atoms with van der Waals surface area (Å²) in [5, 5.41) is 4.01. The maximum Gasteiger partial charge on any atom is 0.323 e. The minimum atomic E-state index is 0.334. The van der Waals surface area contributed by atoms with Crippen molar-refractivity contribution in [1.82, 2.24) is 15.0 Å². The fourth-order valence-corrected chi connectivity index (χ4v) is 3.22. The number of hydrogen-bond donors (Lipinski definition) is 0. The van der Waals surface area contributed by atoms with Crippen molar-refractivity contribution in [3.63, 3.8) is 0 Å². The molecule has 1 aromatic heterocycles. The second kappa shape index (κ2) is 6.67. The van der Waals surface area contributed by atoms with Crippen LogP contribution >= 0.6 is 0 Å². The molecule has 0 aromatic carbocycles.